The van der Waals surface area contributed by atoms with Gasteiger partial charge in [-0.1, -0.05) is 326 Å². The van der Waals surface area contributed by atoms with Gasteiger partial charge < -0.3 is 89.9 Å². The third-order valence-electron chi connectivity index (χ3n) is 20.9. The fourth-order valence-electron chi connectivity index (χ4n) is 14.2. The van der Waals surface area contributed by atoms with Crippen molar-refractivity contribution in [1.82, 2.24) is 5.32 Å². The largest absolute Gasteiger partial charge is 0.394 e. The molecule has 0 aliphatic carbocycles. The minimum atomic E-state index is -1.98. The molecule has 3 rings (SSSR count). The monoisotopic (exact) mass is 1440 g/mol. The van der Waals surface area contributed by atoms with Gasteiger partial charge in [0, 0.05) is 6.42 Å². The SMILES string of the molecule is CCCCCCC/C=C\C/C=C\CCCCCCCCCCCCCC(=O)NC(COC1OC(CO)C(OC2OC(CO)C(OC3OC(CO)C(O)C(O)C3O)C(O)C2O)C(O)C1O)C(O)/C=C/CCCCCCCCCCCCCCCCCCCCCCCCCCCCCCCCC. The van der Waals surface area contributed by atoms with Gasteiger partial charge in [-0.15, -0.1) is 0 Å². The van der Waals surface area contributed by atoms with Crippen molar-refractivity contribution < 1.29 is 89.4 Å². The third-order valence-corrected chi connectivity index (χ3v) is 20.9. The molecule has 3 fully saturated rings. The number of carbonyl (C=O) groups excluding carboxylic acids is 1. The van der Waals surface area contributed by atoms with Crippen molar-refractivity contribution in [3.63, 3.8) is 0 Å². The Labute approximate surface area is 612 Å². The molecule has 3 saturated heterocycles. The molecule has 0 saturated carbocycles. The van der Waals surface area contributed by atoms with Crippen LogP contribution in [0.1, 0.15) is 348 Å². The molecule has 12 N–H and O–H groups in total. The average Bonchev–Trinajstić information content (AvgIpc) is 0.782. The van der Waals surface area contributed by atoms with Crippen LogP contribution in [0.4, 0.5) is 0 Å². The summed E-state index contributed by atoms with van der Waals surface area (Å²) in [5.41, 5.74) is 0. The summed E-state index contributed by atoms with van der Waals surface area (Å²) in [5.74, 6) is -0.273. The van der Waals surface area contributed by atoms with Crippen LogP contribution in [-0.4, -0.2) is 193 Å². The van der Waals surface area contributed by atoms with E-state index in [1.54, 1.807) is 6.08 Å². The van der Waals surface area contributed by atoms with Crippen molar-refractivity contribution in [2.75, 3.05) is 26.4 Å². The number of aliphatic hydroxyl groups excluding tert-OH is 11. The molecule has 3 heterocycles. The molecule has 0 bridgehead atoms. The average molecular weight is 1440 g/mol. The predicted molar refractivity (Wildman–Crippen MR) is 402 cm³/mol. The van der Waals surface area contributed by atoms with Gasteiger partial charge in [-0.3, -0.25) is 4.79 Å². The van der Waals surface area contributed by atoms with E-state index in [4.69, 9.17) is 28.4 Å². The van der Waals surface area contributed by atoms with E-state index >= 15 is 0 Å². The van der Waals surface area contributed by atoms with E-state index < -0.39 is 124 Å². The first-order chi connectivity index (χ1) is 49.3. The molecule has 101 heavy (non-hydrogen) atoms. The van der Waals surface area contributed by atoms with Crippen LogP contribution < -0.4 is 5.32 Å². The zero-order chi connectivity index (χ0) is 73.2. The third kappa shape index (κ3) is 43.0. The Hall–Kier alpha value is -1.99. The van der Waals surface area contributed by atoms with Crippen molar-refractivity contribution in [1.29, 1.82) is 0 Å². The molecule has 0 radical (unpaired) electrons. The van der Waals surface area contributed by atoms with Gasteiger partial charge in [0.15, 0.2) is 18.9 Å². The highest BCUT2D eigenvalue weighted by Gasteiger charge is 2.54. The number of rotatable bonds is 67. The lowest BCUT2D eigenvalue weighted by Crippen LogP contribution is -2.66. The Kier molecular flexibility index (Phi) is 58.1. The van der Waals surface area contributed by atoms with Gasteiger partial charge in [-0.25, -0.2) is 0 Å². The molecule has 17 unspecified atom stereocenters. The lowest BCUT2D eigenvalue weighted by Gasteiger charge is -2.48. The van der Waals surface area contributed by atoms with Crippen LogP contribution in [-0.2, 0) is 33.2 Å². The molecule has 3 aliphatic rings. The Balaban J connectivity index is 1.36. The first-order valence-electron chi connectivity index (χ1n) is 41.7. The Bertz CT molecular complexity index is 1960. The van der Waals surface area contributed by atoms with Crippen LogP contribution in [0.15, 0.2) is 36.5 Å². The standard InChI is InChI=1S/C82H153NO18/c1-3-5-7-9-11-13-15-17-19-21-23-25-27-28-29-30-31-32-33-34-35-36-38-39-41-43-45-47-49-51-53-55-57-59-66(87)65(83-70(88)60-58-56-54-52-50-48-46-44-42-40-37-26-24-22-20-18-16-14-12-10-8-6-4-2)64-96-80-76(94)73(91)78(68(62-85)98-80)101-82-77(95)74(92)79(69(63-86)99-82)100-81-75(93)72(90)71(89)67(61-84)97-81/h16,18,22,24,57,59,65-69,71-82,84-87,89-95H,3-15,17,19-21,23,25-56,58,60-64H2,1-2H3,(H,83,88)/b18-16-,24-22-,59-57+. The van der Waals surface area contributed by atoms with E-state index in [0.717, 1.165) is 57.8 Å². The highest BCUT2D eigenvalue weighted by Crippen LogP contribution is 2.33. The van der Waals surface area contributed by atoms with Crippen molar-refractivity contribution in [3.8, 4) is 0 Å². The van der Waals surface area contributed by atoms with Crippen molar-refractivity contribution in [2.24, 2.45) is 0 Å². The molecule has 3 aliphatic heterocycles. The normalized spacial score (nSPS) is 26.4. The van der Waals surface area contributed by atoms with E-state index in [9.17, 15) is 61.0 Å². The quantitative estimate of drug-likeness (QED) is 0.0199. The summed E-state index contributed by atoms with van der Waals surface area (Å²) in [6.07, 6.45) is 51.4. The molecule has 594 valence electrons. The van der Waals surface area contributed by atoms with E-state index in [0.29, 0.717) is 6.42 Å². The summed E-state index contributed by atoms with van der Waals surface area (Å²) in [7, 11) is 0. The molecule has 0 spiro atoms. The number of hydrogen-bond donors (Lipinski definition) is 12. The van der Waals surface area contributed by atoms with E-state index in [1.165, 1.54) is 263 Å². The summed E-state index contributed by atoms with van der Waals surface area (Å²) in [6, 6.07) is -0.976. The molecule has 0 aromatic rings. The minimum Gasteiger partial charge on any atom is -0.394 e. The van der Waals surface area contributed by atoms with E-state index in [-0.39, 0.29) is 18.9 Å². The number of allylic oxidation sites excluding steroid dienone is 5. The number of aliphatic hydroxyl groups is 11. The van der Waals surface area contributed by atoms with Crippen LogP contribution in [0.3, 0.4) is 0 Å². The van der Waals surface area contributed by atoms with Gasteiger partial charge in [0.25, 0.3) is 0 Å². The topological polar surface area (TPSA) is 307 Å². The van der Waals surface area contributed by atoms with Crippen molar-refractivity contribution in [2.45, 2.75) is 452 Å². The maximum absolute atomic E-state index is 13.5. The molecular formula is C82H153NO18. The van der Waals surface area contributed by atoms with Crippen LogP contribution in [0.5, 0.6) is 0 Å². The van der Waals surface area contributed by atoms with Crippen LogP contribution in [0, 0.1) is 0 Å². The minimum absolute atomic E-state index is 0.242. The summed E-state index contributed by atoms with van der Waals surface area (Å²) in [4.78, 5) is 13.5. The first-order valence-corrected chi connectivity index (χ1v) is 41.7. The van der Waals surface area contributed by atoms with Gasteiger partial charge in [-0.05, 0) is 51.4 Å². The maximum atomic E-state index is 13.5. The number of ether oxygens (including phenoxy) is 6. The summed E-state index contributed by atoms with van der Waals surface area (Å²) in [6.45, 7) is 1.78. The number of hydrogen-bond acceptors (Lipinski definition) is 18. The highest BCUT2D eigenvalue weighted by molar-refractivity contribution is 5.76. The fraction of sp³-hybridized carbons (Fsp3) is 0.915. The second-order valence-corrected chi connectivity index (χ2v) is 29.9. The Morgan fingerprint density at radius 1 is 0.356 bits per heavy atom. The molecule has 17 atom stereocenters. The van der Waals surface area contributed by atoms with Crippen LogP contribution >= 0.6 is 0 Å². The Morgan fingerprint density at radius 3 is 1.01 bits per heavy atom. The van der Waals surface area contributed by atoms with Gasteiger partial charge in [0.05, 0.1) is 38.6 Å². The van der Waals surface area contributed by atoms with Gasteiger partial charge in [-0.2, -0.15) is 0 Å². The first kappa shape index (κ1) is 93.2. The van der Waals surface area contributed by atoms with E-state index in [2.05, 4.69) is 43.5 Å². The Morgan fingerprint density at radius 2 is 0.653 bits per heavy atom. The number of carbonyl (C=O) groups is 1. The summed E-state index contributed by atoms with van der Waals surface area (Å²) >= 11 is 0. The molecule has 19 heteroatoms. The summed E-state index contributed by atoms with van der Waals surface area (Å²) < 4.78 is 34.5. The van der Waals surface area contributed by atoms with Gasteiger partial charge >= 0.3 is 0 Å². The predicted octanol–water partition coefficient (Wildman–Crippen LogP) is 14.3. The molecule has 1 amide bonds. The second kappa shape index (κ2) is 63.0. The highest BCUT2D eigenvalue weighted by atomic mass is 16.8. The molecule has 19 nitrogen and oxygen atoms in total. The molecule has 0 aromatic carbocycles. The lowest BCUT2D eigenvalue weighted by molar-refractivity contribution is -0.379. The lowest BCUT2D eigenvalue weighted by atomic mass is 9.96. The van der Waals surface area contributed by atoms with Crippen LogP contribution in [0.25, 0.3) is 0 Å². The zero-order valence-electron chi connectivity index (χ0n) is 63.7. The van der Waals surface area contributed by atoms with E-state index in [1.807, 2.05) is 6.08 Å². The fourth-order valence-corrected chi connectivity index (χ4v) is 14.2. The number of nitrogens with one attached hydrogen (secondary N) is 1. The smallest absolute Gasteiger partial charge is 0.220 e. The number of unbranched alkanes of at least 4 members (excludes halogenated alkanes) is 47. The second-order valence-electron chi connectivity index (χ2n) is 29.9. The number of amides is 1. The van der Waals surface area contributed by atoms with Crippen molar-refractivity contribution in [3.05, 3.63) is 36.5 Å². The summed E-state index contributed by atoms with van der Waals surface area (Å²) in [5, 5.41) is 121. The van der Waals surface area contributed by atoms with Gasteiger partial charge in [0.1, 0.15) is 73.2 Å². The van der Waals surface area contributed by atoms with Gasteiger partial charge in [0.2, 0.25) is 5.91 Å². The zero-order valence-corrected chi connectivity index (χ0v) is 63.7. The molecule has 0 aromatic heterocycles. The van der Waals surface area contributed by atoms with Crippen LogP contribution in [0.2, 0.25) is 0 Å². The maximum Gasteiger partial charge on any atom is 0.220 e. The van der Waals surface area contributed by atoms with Crippen molar-refractivity contribution >= 4 is 5.91 Å². The molecular weight excluding hydrogens is 1290 g/mol.